The second-order valence-corrected chi connectivity index (χ2v) is 7.94. The lowest BCUT2D eigenvalue weighted by atomic mass is 9.99. The molecule has 0 aliphatic carbocycles. The fraction of sp³-hybridized carbons (Fsp3) is 0.120. The van der Waals surface area contributed by atoms with E-state index in [2.05, 4.69) is 5.32 Å². The van der Waals surface area contributed by atoms with Crippen molar-refractivity contribution in [1.82, 2.24) is 4.90 Å². The van der Waals surface area contributed by atoms with E-state index in [0.717, 1.165) is 16.7 Å². The van der Waals surface area contributed by atoms with Crippen molar-refractivity contribution in [3.8, 4) is 0 Å². The van der Waals surface area contributed by atoms with Crippen LogP contribution in [0.5, 0.6) is 0 Å². The maximum atomic E-state index is 13.4. The normalized spacial score (nSPS) is 13.9. The Labute approximate surface area is 185 Å². The molecule has 4 nitrogen and oxygen atoms in total. The van der Waals surface area contributed by atoms with Crippen molar-refractivity contribution in [3.05, 3.63) is 106 Å². The van der Waals surface area contributed by atoms with Gasteiger partial charge >= 0.3 is 0 Å². The third-order valence-corrected chi connectivity index (χ3v) is 5.58. The van der Waals surface area contributed by atoms with E-state index >= 15 is 0 Å². The summed E-state index contributed by atoms with van der Waals surface area (Å²) < 4.78 is 13.3. The van der Waals surface area contributed by atoms with Gasteiger partial charge in [-0.3, -0.25) is 14.5 Å². The van der Waals surface area contributed by atoms with Gasteiger partial charge in [-0.1, -0.05) is 41.9 Å². The standard InChI is InChI=1S/C25H20ClFN2O2/c1-15-3-6-18(13-16(15)2)22-23(28-21-11-9-20(27)10-12-21)25(31)29(24(22)30)14-17-4-7-19(26)8-5-17/h3-13,28H,14H2,1-2H3. The maximum absolute atomic E-state index is 13.4. The van der Waals surface area contributed by atoms with Crippen molar-refractivity contribution in [2.45, 2.75) is 20.4 Å². The van der Waals surface area contributed by atoms with Crippen LogP contribution in [0.1, 0.15) is 22.3 Å². The Hall–Kier alpha value is -3.44. The molecule has 0 bridgehead atoms. The van der Waals surface area contributed by atoms with Crippen LogP contribution in [-0.2, 0) is 16.1 Å². The van der Waals surface area contributed by atoms with Crippen molar-refractivity contribution in [3.63, 3.8) is 0 Å². The molecule has 3 aromatic carbocycles. The van der Waals surface area contributed by atoms with E-state index in [-0.39, 0.29) is 24.0 Å². The Morgan fingerprint density at radius 1 is 0.871 bits per heavy atom. The van der Waals surface area contributed by atoms with Crippen LogP contribution in [0.15, 0.2) is 72.4 Å². The Kier molecular flexibility index (Phi) is 5.61. The molecule has 2 amide bonds. The zero-order chi connectivity index (χ0) is 22.1. The minimum Gasteiger partial charge on any atom is -0.350 e. The van der Waals surface area contributed by atoms with Gasteiger partial charge in [0, 0.05) is 10.7 Å². The van der Waals surface area contributed by atoms with E-state index in [1.165, 1.54) is 29.2 Å². The predicted octanol–water partition coefficient (Wildman–Crippen LogP) is 5.49. The summed E-state index contributed by atoms with van der Waals surface area (Å²) in [4.78, 5) is 27.8. The molecule has 6 heteroatoms. The first kappa shape index (κ1) is 20.8. The Bertz CT molecular complexity index is 1200. The number of benzene rings is 3. The van der Waals surface area contributed by atoms with E-state index < -0.39 is 5.91 Å². The van der Waals surface area contributed by atoms with Gasteiger partial charge in [0.05, 0.1) is 12.1 Å². The molecule has 0 unspecified atom stereocenters. The minimum atomic E-state index is -0.433. The zero-order valence-corrected chi connectivity index (χ0v) is 17.8. The van der Waals surface area contributed by atoms with E-state index in [9.17, 15) is 14.0 Å². The molecule has 4 rings (SSSR count). The van der Waals surface area contributed by atoms with Crippen LogP contribution in [0.3, 0.4) is 0 Å². The van der Waals surface area contributed by atoms with Crippen LogP contribution < -0.4 is 5.32 Å². The molecule has 1 aliphatic heterocycles. The summed E-state index contributed by atoms with van der Waals surface area (Å²) in [6.45, 7) is 4.07. The highest BCUT2D eigenvalue weighted by atomic mass is 35.5. The number of aryl methyl sites for hydroxylation is 2. The molecular formula is C25H20ClFN2O2. The highest BCUT2D eigenvalue weighted by Crippen LogP contribution is 2.32. The molecule has 1 heterocycles. The van der Waals surface area contributed by atoms with E-state index in [0.29, 0.717) is 21.8 Å². The third-order valence-electron chi connectivity index (χ3n) is 5.33. The maximum Gasteiger partial charge on any atom is 0.278 e. The van der Waals surface area contributed by atoms with Crippen LogP contribution >= 0.6 is 11.6 Å². The monoisotopic (exact) mass is 434 g/mol. The molecule has 31 heavy (non-hydrogen) atoms. The molecule has 0 spiro atoms. The second kappa shape index (κ2) is 8.36. The first-order valence-corrected chi connectivity index (χ1v) is 10.2. The van der Waals surface area contributed by atoms with Crippen LogP contribution in [0.25, 0.3) is 5.57 Å². The molecule has 0 saturated heterocycles. The number of nitrogens with zero attached hydrogens (tertiary/aromatic N) is 1. The summed E-state index contributed by atoms with van der Waals surface area (Å²) in [6, 6.07) is 18.3. The molecule has 0 saturated carbocycles. The Morgan fingerprint density at radius 2 is 1.55 bits per heavy atom. The van der Waals surface area contributed by atoms with Crippen molar-refractivity contribution in [2.75, 3.05) is 5.32 Å². The van der Waals surface area contributed by atoms with Gasteiger partial charge in [0.25, 0.3) is 11.8 Å². The average molecular weight is 435 g/mol. The summed E-state index contributed by atoms with van der Waals surface area (Å²) in [5.74, 6) is -1.20. The van der Waals surface area contributed by atoms with Gasteiger partial charge in [0.15, 0.2) is 0 Å². The summed E-state index contributed by atoms with van der Waals surface area (Å²) in [5.41, 5.74) is 4.54. The quantitative estimate of drug-likeness (QED) is 0.540. The van der Waals surface area contributed by atoms with Crippen LogP contribution in [0, 0.1) is 19.7 Å². The number of hydrogen-bond donors (Lipinski definition) is 1. The van der Waals surface area contributed by atoms with Crippen LogP contribution in [0.2, 0.25) is 5.02 Å². The van der Waals surface area contributed by atoms with Crippen molar-refractivity contribution in [1.29, 1.82) is 0 Å². The van der Waals surface area contributed by atoms with Crippen LogP contribution in [-0.4, -0.2) is 16.7 Å². The topological polar surface area (TPSA) is 49.4 Å². The molecule has 0 aromatic heterocycles. The third kappa shape index (κ3) is 4.23. The molecule has 0 radical (unpaired) electrons. The summed E-state index contributed by atoms with van der Waals surface area (Å²) in [7, 11) is 0. The molecular weight excluding hydrogens is 415 g/mol. The number of anilines is 1. The highest BCUT2D eigenvalue weighted by molar-refractivity contribution is 6.36. The van der Waals surface area contributed by atoms with Gasteiger partial charge in [-0.05, 0) is 72.5 Å². The molecule has 0 atom stereocenters. The van der Waals surface area contributed by atoms with Gasteiger partial charge in [-0.25, -0.2) is 4.39 Å². The van der Waals surface area contributed by atoms with Gasteiger partial charge in [0.2, 0.25) is 0 Å². The van der Waals surface area contributed by atoms with Gasteiger partial charge in [0.1, 0.15) is 11.5 Å². The number of halogens is 2. The smallest absolute Gasteiger partial charge is 0.278 e. The number of nitrogens with one attached hydrogen (secondary N) is 1. The number of carbonyl (C=O) groups excluding carboxylic acids is 2. The van der Waals surface area contributed by atoms with E-state index in [1.807, 2.05) is 32.0 Å². The number of imide groups is 1. The predicted molar refractivity (Wildman–Crippen MR) is 120 cm³/mol. The minimum absolute atomic E-state index is 0.123. The van der Waals surface area contributed by atoms with Gasteiger partial charge in [-0.2, -0.15) is 0 Å². The van der Waals surface area contributed by atoms with E-state index in [4.69, 9.17) is 11.6 Å². The Morgan fingerprint density at radius 3 is 2.19 bits per heavy atom. The number of hydrogen-bond acceptors (Lipinski definition) is 3. The van der Waals surface area contributed by atoms with Crippen molar-refractivity contribution >= 4 is 34.7 Å². The first-order chi connectivity index (χ1) is 14.8. The number of carbonyl (C=O) groups is 2. The van der Waals surface area contributed by atoms with Crippen LogP contribution in [0.4, 0.5) is 10.1 Å². The highest BCUT2D eigenvalue weighted by Gasteiger charge is 2.39. The fourth-order valence-electron chi connectivity index (χ4n) is 3.45. The lowest BCUT2D eigenvalue weighted by molar-refractivity contribution is -0.137. The van der Waals surface area contributed by atoms with Crippen molar-refractivity contribution in [2.24, 2.45) is 0 Å². The average Bonchev–Trinajstić information content (AvgIpc) is 2.97. The summed E-state index contributed by atoms with van der Waals surface area (Å²) >= 11 is 5.95. The molecule has 1 aliphatic rings. The number of rotatable bonds is 5. The molecule has 1 N–H and O–H groups in total. The lowest BCUT2D eigenvalue weighted by Crippen LogP contribution is -2.32. The SMILES string of the molecule is Cc1ccc(C2=C(Nc3ccc(F)cc3)C(=O)N(Cc3ccc(Cl)cc3)C2=O)cc1C. The summed E-state index contributed by atoms with van der Waals surface area (Å²) in [6.07, 6.45) is 0. The zero-order valence-electron chi connectivity index (χ0n) is 17.1. The molecule has 3 aromatic rings. The van der Waals surface area contributed by atoms with Crippen molar-refractivity contribution < 1.29 is 14.0 Å². The fourth-order valence-corrected chi connectivity index (χ4v) is 3.58. The summed E-state index contributed by atoms with van der Waals surface area (Å²) in [5, 5.41) is 3.61. The largest absolute Gasteiger partial charge is 0.350 e. The van der Waals surface area contributed by atoms with Gasteiger partial charge in [-0.15, -0.1) is 0 Å². The van der Waals surface area contributed by atoms with Gasteiger partial charge < -0.3 is 5.32 Å². The molecule has 0 fully saturated rings. The molecule has 156 valence electrons. The second-order valence-electron chi connectivity index (χ2n) is 7.50. The first-order valence-electron chi connectivity index (χ1n) is 9.78. The Balaban J connectivity index is 1.75. The lowest BCUT2D eigenvalue weighted by Gasteiger charge is -2.15. The number of amides is 2. The van der Waals surface area contributed by atoms with E-state index in [1.54, 1.807) is 24.3 Å².